The second-order valence-corrected chi connectivity index (χ2v) is 7.65. The van der Waals surface area contributed by atoms with E-state index in [4.69, 9.17) is 9.47 Å². The highest BCUT2D eigenvalue weighted by Crippen LogP contribution is 2.36. The van der Waals surface area contributed by atoms with E-state index in [2.05, 4.69) is 5.32 Å². The molecule has 0 saturated carbocycles. The number of hydrogen-bond donors (Lipinski definition) is 1. The SMILES string of the molecule is CCOC(=O)CC(NC(=O)CSc1ccc(C(F)(F)F)cc1[N+](=O)[O-])c1cccc(OC)c1. The lowest BCUT2D eigenvalue weighted by Gasteiger charge is -2.19. The normalized spacial score (nSPS) is 12.0. The van der Waals surface area contributed by atoms with E-state index >= 15 is 0 Å². The number of methoxy groups -OCH3 is 1. The van der Waals surface area contributed by atoms with E-state index in [-0.39, 0.29) is 23.7 Å². The van der Waals surface area contributed by atoms with E-state index < -0.39 is 40.3 Å². The number of ether oxygens (including phenoxy) is 2. The van der Waals surface area contributed by atoms with Gasteiger partial charge in [0.1, 0.15) is 5.75 Å². The Labute approximate surface area is 191 Å². The fourth-order valence-electron chi connectivity index (χ4n) is 2.83. The molecular formula is C21H21F3N2O6S. The van der Waals surface area contributed by atoms with Gasteiger partial charge in [-0.2, -0.15) is 13.2 Å². The van der Waals surface area contributed by atoms with Crippen molar-refractivity contribution in [3.8, 4) is 5.75 Å². The van der Waals surface area contributed by atoms with Crippen LogP contribution in [-0.2, 0) is 20.5 Å². The fraction of sp³-hybridized carbons (Fsp3) is 0.333. The molecule has 0 fully saturated rings. The van der Waals surface area contributed by atoms with Gasteiger partial charge in [0.15, 0.2) is 0 Å². The van der Waals surface area contributed by atoms with Gasteiger partial charge in [0.05, 0.1) is 47.3 Å². The Morgan fingerprint density at radius 3 is 2.55 bits per heavy atom. The smallest absolute Gasteiger partial charge is 0.416 e. The third kappa shape index (κ3) is 7.67. The number of nitrogens with one attached hydrogen (secondary N) is 1. The van der Waals surface area contributed by atoms with Crippen LogP contribution in [0.15, 0.2) is 47.4 Å². The monoisotopic (exact) mass is 486 g/mol. The molecule has 1 atom stereocenters. The minimum Gasteiger partial charge on any atom is -0.497 e. The van der Waals surface area contributed by atoms with Crippen LogP contribution in [0.3, 0.4) is 0 Å². The Bertz CT molecular complexity index is 1020. The lowest BCUT2D eigenvalue weighted by Crippen LogP contribution is -2.32. The molecule has 2 aromatic carbocycles. The number of halogens is 3. The fourth-order valence-corrected chi connectivity index (χ4v) is 3.65. The van der Waals surface area contributed by atoms with Crippen LogP contribution in [0.5, 0.6) is 5.75 Å². The predicted molar refractivity (Wildman–Crippen MR) is 114 cm³/mol. The van der Waals surface area contributed by atoms with Crippen molar-refractivity contribution >= 4 is 29.3 Å². The zero-order valence-electron chi connectivity index (χ0n) is 17.7. The molecule has 2 aromatic rings. The van der Waals surface area contributed by atoms with Crippen molar-refractivity contribution in [3.63, 3.8) is 0 Å². The third-order valence-electron chi connectivity index (χ3n) is 4.35. The zero-order valence-corrected chi connectivity index (χ0v) is 18.5. The second kappa shape index (κ2) is 11.5. The van der Waals surface area contributed by atoms with Crippen molar-refractivity contribution in [2.75, 3.05) is 19.5 Å². The standard InChI is InChI=1S/C21H21F3N2O6S/c1-3-32-20(28)11-16(13-5-4-6-15(9-13)31-2)25-19(27)12-33-18-8-7-14(21(22,23)24)10-17(18)26(29)30/h4-10,16H,3,11-12H2,1-2H3,(H,25,27). The molecule has 0 aromatic heterocycles. The van der Waals surface area contributed by atoms with Gasteiger partial charge in [-0.25, -0.2) is 0 Å². The number of amides is 1. The van der Waals surface area contributed by atoms with Crippen LogP contribution < -0.4 is 10.1 Å². The number of thioether (sulfide) groups is 1. The molecule has 12 heteroatoms. The van der Waals surface area contributed by atoms with Crippen LogP contribution in [-0.4, -0.2) is 36.3 Å². The van der Waals surface area contributed by atoms with E-state index in [1.54, 1.807) is 31.2 Å². The summed E-state index contributed by atoms with van der Waals surface area (Å²) in [5.74, 6) is -0.941. The summed E-state index contributed by atoms with van der Waals surface area (Å²) < 4.78 is 48.7. The molecule has 1 amide bonds. The minimum atomic E-state index is -4.73. The first kappa shape index (κ1) is 26.0. The number of nitrogens with zero attached hydrogens (tertiary/aromatic N) is 1. The van der Waals surface area contributed by atoms with Gasteiger partial charge in [-0.1, -0.05) is 12.1 Å². The largest absolute Gasteiger partial charge is 0.497 e. The van der Waals surface area contributed by atoms with Crippen LogP contribution in [0.2, 0.25) is 0 Å². The molecule has 2 rings (SSSR count). The van der Waals surface area contributed by atoms with Gasteiger partial charge in [0.25, 0.3) is 5.69 Å². The molecule has 0 heterocycles. The Balaban J connectivity index is 2.16. The van der Waals surface area contributed by atoms with Gasteiger partial charge in [-0.15, -0.1) is 11.8 Å². The van der Waals surface area contributed by atoms with Gasteiger partial charge in [-0.05, 0) is 36.8 Å². The van der Waals surface area contributed by atoms with E-state index in [1.807, 2.05) is 0 Å². The molecular weight excluding hydrogens is 465 g/mol. The summed E-state index contributed by atoms with van der Waals surface area (Å²) >= 11 is 0.715. The minimum absolute atomic E-state index is 0.0912. The lowest BCUT2D eigenvalue weighted by molar-refractivity contribution is -0.388. The highest BCUT2D eigenvalue weighted by atomic mass is 32.2. The van der Waals surface area contributed by atoms with Gasteiger partial charge in [0.2, 0.25) is 5.91 Å². The first-order valence-electron chi connectivity index (χ1n) is 9.62. The highest BCUT2D eigenvalue weighted by molar-refractivity contribution is 8.00. The van der Waals surface area contributed by atoms with Crippen LogP contribution in [0.1, 0.15) is 30.5 Å². The number of rotatable bonds is 10. The molecule has 0 spiro atoms. The molecule has 1 unspecified atom stereocenters. The van der Waals surface area contributed by atoms with E-state index in [1.165, 1.54) is 7.11 Å². The summed E-state index contributed by atoms with van der Waals surface area (Å²) in [7, 11) is 1.46. The predicted octanol–water partition coefficient (Wildman–Crippen LogP) is 4.53. The molecule has 33 heavy (non-hydrogen) atoms. The number of carbonyl (C=O) groups excluding carboxylic acids is 2. The van der Waals surface area contributed by atoms with Crippen molar-refractivity contribution in [2.45, 2.75) is 30.5 Å². The van der Waals surface area contributed by atoms with Gasteiger partial charge in [0, 0.05) is 6.07 Å². The number of benzene rings is 2. The number of esters is 1. The average Bonchev–Trinajstić information content (AvgIpc) is 2.76. The Morgan fingerprint density at radius 2 is 1.94 bits per heavy atom. The van der Waals surface area contributed by atoms with Crippen LogP contribution in [0.4, 0.5) is 18.9 Å². The van der Waals surface area contributed by atoms with Crippen molar-refractivity contribution in [1.82, 2.24) is 5.32 Å². The number of carbonyl (C=O) groups is 2. The van der Waals surface area contributed by atoms with Crippen LogP contribution in [0.25, 0.3) is 0 Å². The number of nitro groups is 1. The maximum absolute atomic E-state index is 12.9. The lowest BCUT2D eigenvalue weighted by atomic mass is 10.0. The van der Waals surface area contributed by atoms with Gasteiger partial charge < -0.3 is 14.8 Å². The molecule has 0 saturated heterocycles. The third-order valence-corrected chi connectivity index (χ3v) is 5.41. The molecule has 178 valence electrons. The maximum atomic E-state index is 12.9. The summed E-state index contributed by atoms with van der Waals surface area (Å²) in [4.78, 5) is 34.7. The van der Waals surface area contributed by atoms with Gasteiger partial charge >= 0.3 is 12.1 Å². The Morgan fingerprint density at radius 1 is 1.21 bits per heavy atom. The number of hydrogen-bond acceptors (Lipinski definition) is 7. The van der Waals surface area contributed by atoms with E-state index in [0.717, 1.165) is 6.07 Å². The van der Waals surface area contributed by atoms with Crippen molar-refractivity contribution in [2.24, 2.45) is 0 Å². The second-order valence-electron chi connectivity index (χ2n) is 6.63. The summed E-state index contributed by atoms with van der Waals surface area (Å²) in [6.45, 7) is 1.80. The molecule has 0 radical (unpaired) electrons. The molecule has 1 N–H and O–H groups in total. The Kier molecular flexibility index (Phi) is 9.09. The van der Waals surface area contributed by atoms with Crippen molar-refractivity contribution in [3.05, 3.63) is 63.7 Å². The average molecular weight is 486 g/mol. The van der Waals surface area contributed by atoms with Crippen molar-refractivity contribution < 1.29 is 37.2 Å². The van der Waals surface area contributed by atoms with Gasteiger partial charge in [-0.3, -0.25) is 19.7 Å². The molecule has 0 aliphatic rings. The summed E-state index contributed by atoms with van der Waals surface area (Å²) in [5.41, 5.74) is -1.34. The first-order valence-corrected chi connectivity index (χ1v) is 10.6. The quantitative estimate of drug-likeness (QED) is 0.228. The highest BCUT2D eigenvalue weighted by Gasteiger charge is 2.33. The summed E-state index contributed by atoms with van der Waals surface area (Å²) in [6.07, 6.45) is -4.90. The number of alkyl halides is 3. The van der Waals surface area contributed by atoms with E-state index in [9.17, 15) is 32.9 Å². The first-order chi connectivity index (χ1) is 15.5. The molecule has 8 nitrogen and oxygen atoms in total. The van der Waals surface area contributed by atoms with E-state index in [0.29, 0.717) is 35.2 Å². The van der Waals surface area contributed by atoms with Crippen molar-refractivity contribution in [1.29, 1.82) is 0 Å². The topological polar surface area (TPSA) is 108 Å². The summed E-state index contributed by atoms with van der Waals surface area (Å²) in [5, 5.41) is 13.9. The Hall–Kier alpha value is -3.28. The molecule has 0 aliphatic carbocycles. The molecule has 0 bridgehead atoms. The zero-order chi connectivity index (χ0) is 24.6. The number of nitro benzene ring substituents is 1. The van der Waals surface area contributed by atoms with Crippen LogP contribution >= 0.6 is 11.8 Å². The molecule has 0 aliphatic heterocycles. The van der Waals surface area contributed by atoms with Crippen LogP contribution in [0, 0.1) is 10.1 Å². The maximum Gasteiger partial charge on any atom is 0.416 e. The summed E-state index contributed by atoms with van der Waals surface area (Å²) in [6, 6.07) is 8.02.